The topological polar surface area (TPSA) is 104 Å². The summed E-state index contributed by atoms with van der Waals surface area (Å²) in [7, 11) is -7.18. The predicted octanol–water partition coefficient (Wildman–Crippen LogP) is 2.35. The molecule has 10 heteroatoms. The zero-order chi connectivity index (χ0) is 21.1. The monoisotopic (exact) mass is 456 g/mol. The average molecular weight is 457 g/mol. The molecule has 0 aromatic heterocycles. The molecule has 2 N–H and O–H groups in total. The number of hydrogen-bond donors (Lipinski definition) is 2. The summed E-state index contributed by atoms with van der Waals surface area (Å²) < 4.78 is 53.1. The predicted molar refractivity (Wildman–Crippen MR) is 115 cm³/mol. The largest absolute Gasteiger partial charge is 0.387 e. The van der Waals surface area contributed by atoms with E-state index in [1.165, 1.54) is 28.6 Å². The maximum atomic E-state index is 12.5. The van der Waals surface area contributed by atoms with Gasteiger partial charge in [0.1, 0.15) is 0 Å². The third-order valence-corrected chi connectivity index (χ3v) is 8.80. The number of benzene rings is 2. The number of anilines is 1. The van der Waals surface area contributed by atoms with E-state index < -0.39 is 26.2 Å². The summed E-state index contributed by atoms with van der Waals surface area (Å²) >= 11 is 1.58. The van der Waals surface area contributed by atoms with Gasteiger partial charge in [-0.15, -0.1) is 11.8 Å². The van der Waals surface area contributed by atoms with Crippen molar-refractivity contribution in [3.8, 4) is 0 Å². The lowest BCUT2D eigenvalue weighted by Crippen LogP contribution is -2.37. The van der Waals surface area contributed by atoms with Crippen LogP contribution in [0.3, 0.4) is 0 Å². The molecule has 3 rings (SSSR count). The van der Waals surface area contributed by atoms with Crippen LogP contribution in [0.5, 0.6) is 0 Å². The smallest absolute Gasteiger partial charge is 0.240 e. The zero-order valence-electron chi connectivity index (χ0n) is 16.0. The molecule has 2 aromatic rings. The van der Waals surface area contributed by atoms with Crippen LogP contribution in [-0.4, -0.2) is 47.0 Å². The third kappa shape index (κ3) is 5.32. The van der Waals surface area contributed by atoms with E-state index >= 15 is 0 Å². The van der Waals surface area contributed by atoms with Gasteiger partial charge in [-0.3, -0.25) is 4.31 Å². The lowest BCUT2D eigenvalue weighted by Gasteiger charge is -2.28. The SMILES string of the molecule is CSc1ccc(C(O)CNS(=O)(=O)c2ccc(N3CCCCS3(=O)=O)cc2)cc1. The molecule has 0 aliphatic carbocycles. The highest BCUT2D eigenvalue weighted by Crippen LogP contribution is 2.25. The van der Waals surface area contributed by atoms with Crippen molar-refractivity contribution < 1.29 is 21.9 Å². The molecule has 0 spiro atoms. The van der Waals surface area contributed by atoms with Crippen LogP contribution >= 0.6 is 11.8 Å². The van der Waals surface area contributed by atoms with Crippen molar-refractivity contribution in [1.29, 1.82) is 0 Å². The molecule has 1 aliphatic rings. The van der Waals surface area contributed by atoms with Gasteiger partial charge in [0.2, 0.25) is 20.0 Å². The number of rotatable bonds is 7. The Hall–Kier alpha value is -1.59. The fourth-order valence-electron chi connectivity index (χ4n) is 3.09. The van der Waals surface area contributed by atoms with Gasteiger partial charge in [-0.1, -0.05) is 12.1 Å². The van der Waals surface area contributed by atoms with E-state index in [1.54, 1.807) is 23.9 Å². The van der Waals surface area contributed by atoms with Gasteiger partial charge in [0.25, 0.3) is 0 Å². The van der Waals surface area contributed by atoms with Crippen molar-refractivity contribution >= 4 is 37.5 Å². The summed E-state index contributed by atoms with van der Waals surface area (Å²) in [4.78, 5) is 1.07. The molecule has 1 fully saturated rings. The van der Waals surface area contributed by atoms with E-state index in [9.17, 15) is 21.9 Å². The van der Waals surface area contributed by atoms with Crippen molar-refractivity contribution in [3.63, 3.8) is 0 Å². The Bertz CT molecular complexity index is 1040. The van der Waals surface area contributed by atoms with Crippen molar-refractivity contribution in [1.82, 2.24) is 4.72 Å². The number of nitrogens with zero attached hydrogens (tertiary/aromatic N) is 1. The molecular weight excluding hydrogens is 432 g/mol. The first kappa shape index (κ1) is 22.1. The molecule has 0 radical (unpaired) electrons. The Morgan fingerprint density at radius 1 is 1.10 bits per heavy atom. The molecule has 1 saturated heterocycles. The van der Waals surface area contributed by atoms with Gasteiger partial charge in [-0.05, 0) is 61.1 Å². The highest BCUT2D eigenvalue weighted by Gasteiger charge is 2.26. The summed E-state index contributed by atoms with van der Waals surface area (Å²) in [6.45, 7) is 0.234. The fourth-order valence-corrected chi connectivity index (χ4v) is 6.17. The summed E-state index contributed by atoms with van der Waals surface area (Å²) in [6.07, 6.45) is 2.39. The van der Waals surface area contributed by atoms with Crippen molar-refractivity contribution in [2.45, 2.75) is 28.7 Å². The van der Waals surface area contributed by atoms with Gasteiger partial charge in [0.15, 0.2) is 0 Å². The summed E-state index contributed by atoms with van der Waals surface area (Å²) in [6, 6.07) is 13.0. The second-order valence-electron chi connectivity index (χ2n) is 6.73. The van der Waals surface area contributed by atoms with E-state index in [2.05, 4.69) is 4.72 Å². The third-order valence-electron chi connectivity index (χ3n) is 4.75. The second kappa shape index (κ2) is 9.05. The quantitative estimate of drug-likeness (QED) is 0.620. The highest BCUT2D eigenvalue weighted by atomic mass is 32.2. The first-order valence-corrected chi connectivity index (χ1v) is 13.5. The van der Waals surface area contributed by atoms with Crippen LogP contribution in [0.2, 0.25) is 0 Å². The normalized spacial score (nSPS) is 17.8. The lowest BCUT2D eigenvalue weighted by atomic mass is 10.1. The molecule has 7 nitrogen and oxygen atoms in total. The maximum Gasteiger partial charge on any atom is 0.240 e. The van der Waals surface area contributed by atoms with Crippen LogP contribution in [0.25, 0.3) is 0 Å². The van der Waals surface area contributed by atoms with Gasteiger partial charge in [0.05, 0.1) is 22.4 Å². The molecule has 29 heavy (non-hydrogen) atoms. The van der Waals surface area contributed by atoms with E-state index in [0.29, 0.717) is 24.2 Å². The maximum absolute atomic E-state index is 12.5. The molecule has 0 bridgehead atoms. The summed E-state index contributed by atoms with van der Waals surface area (Å²) in [5, 5.41) is 10.3. The van der Waals surface area contributed by atoms with E-state index in [-0.39, 0.29) is 17.2 Å². The Balaban J connectivity index is 1.67. The molecule has 0 amide bonds. The Morgan fingerprint density at radius 3 is 2.34 bits per heavy atom. The zero-order valence-corrected chi connectivity index (χ0v) is 18.4. The average Bonchev–Trinajstić information content (AvgIpc) is 2.72. The van der Waals surface area contributed by atoms with Gasteiger partial charge < -0.3 is 5.11 Å². The molecule has 1 unspecified atom stereocenters. The van der Waals surface area contributed by atoms with Gasteiger partial charge in [-0.25, -0.2) is 21.6 Å². The second-order valence-corrected chi connectivity index (χ2v) is 11.4. The van der Waals surface area contributed by atoms with Gasteiger partial charge in [0, 0.05) is 18.0 Å². The number of hydrogen-bond acceptors (Lipinski definition) is 6. The van der Waals surface area contributed by atoms with Crippen molar-refractivity contribution in [2.75, 3.05) is 29.4 Å². The van der Waals surface area contributed by atoms with Crippen LogP contribution in [-0.2, 0) is 20.0 Å². The molecule has 2 aromatic carbocycles. The molecule has 158 valence electrons. The number of aliphatic hydroxyl groups is 1. The first-order valence-electron chi connectivity index (χ1n) is 9.15. The minimum Gasteiger partial charge on any atom is -0.387 e. The van der Waals surface area contributed by atoms with E-state index in [1.807, 2.05) is 18.4 Å². The van der Waals surface area contributed by atoms with Crippen LogP contribution < -0.4 is 9.03 Å². The molecule has 1 aliphatic heterocycles. The standard InChI is InChI=1S/C19H24N2O5S3/c1-27-17-8-4-15(5-9-17)19(22)14-20-29(25,26)18-10-6-16(7-11-18)21-12-2-3-13-28(21,23)24/h4-11,19-20,22H,2-3,12-14H2,1H3. The van der Waals surface area contributed by atoms with Crippen molar-refractivity contribution in [2.24, 2.45) is 0 Å². The minimum atomic E-state index is -3.83. The summed E-state index contributed by atoms with van der Waals surface area (Å²) in [5.41, 5.74) is 1.08. The fraction of sp³-hybridized carbons (Fsp3) is 0.368. The van der Waals surface area contributed by atoms with Crippen LogP contribution in [0.1, 0.15) is 24.5 Å². The number of thioether (sulfide) groups is 1. The molecule has 0 saturated carbocycles. The van der Waals surface area contributed by atoms with E-state index in [0.717, 1.165) is 11.3 Å². The van der Waals surface area contributed by atoms with E-state index in [4.69, 9.17) is 0 Å². The molecular formula is C19H24N2O5S3. The number of sulfonamides is 2. The molecule has 1 heterocycles. The first-order chi connectivity index (χ1) is 13.7. The summed E-state index contributed by atoms with van der Waals surface area (Å²) in [5.74, 6) is 0.102. The Morgan fingerprint density at radius 2 is 1.76 bits per heavy atom. The number of aliphatic hydroxyl groups excluding tert-OH is 1. The Kier molecular flexibility index (Phi) is 6.90. The van der Waals surface area contributed by atoms with Crippen LogP contribution in [0, 0.1) is 0 Å². The van der Waals surface area contributed by atoms with Crippen LogP contribution in [0.15, 0.2) is 58.3 Å². The minimum absolute atomic E-state index is 0.0144. The van der Waals surface area contributed by atoms with Gasteiger partial charge in [-0.2, -0.15) is 0 Å². The molecule has 1 atom stereocenters. The lowest BCUT2D eigenvalue weighted by molar-refractivity contribution is 0.182. The van der Waals surface area contributed by atoms with Crippen molar-refractivity contribution in [3.05, 3.63) is 54.1 Å². The van der Waals surface area contributed by atoms with Crippen LogP contribution in [0.4, 0.5) is 5.69 Å². The highest BCUT2D eigenvalue weighted by molar-refractivity contribution is 7.98. The number of nitrogens with one attached hydrogen (secondary N) is 1. The Labute approximate surface area is 176 Å². The van der Waals surface area contributed by atoms with Gasteiger partial charge >= 0.3 is 0 Å².